The topological polar surface area (TPSA) is 55.8 Å². The summed E-state index contributed by atoms with van der Waals surface area (Å²) in [4.78, 5) is 0.146. The van der Waals surface area contributed by atoms with E-state index in [1.807, 2.05) is 30.3 Å². The predicted molar refractivity (Wildman–Crippen MR) is 91.9 cm³/mol. The molecule has 2 aromatic rings. The Labute approximate surface area is 142 Å². The summed E-state index contributed by atoms with van der Waals surface area (Å²) in [7, 11) is -0.697. The van der Waals surface area contributed by atoms with Crippen molar-refractivity contribution in [3.8, 4) is 11.5 Å². The number of nitrogens with zero attached hydrogens (tertiary/aromatic N) is 1. The summed E-state index contributed by atoms with van der Waals surface area (Å²) in [6.45, 7) is 0.502. The standard InChI is InChI=1S/C18H21NO4S/c1-22-15-10-11-17(23-2)18(13-15)24(20,21)19-12-6-9-16(19)14-7-4-3-5-8-14/h3-5,7-8,10-11,13,16H,6,9,12H2,1-2H3. The van der Waals surface area contributed by atoms with Crippen LogP contribution in [0.15, 0.2) is 53.4 Å². The van der Waals surface area contributed by atoms with Gasteiger partial charge in [-0.3, -0.25) is 0 Å². The Balaban J connectivity index is 2.04. The summed E-state index contributed by atoms with van der Waals surface area (Å²) < 4.78 is 38.5. The fourth-order valence-corrected chi connectivity index (χ4v) is 5.00. The second kappa shape index (κ2) is 6.83. The van der Waals surface area contributed by atoms with Gasteiger partial charge in [0.2, 0.25) is 10.0 Å². The second-order valence-corrected chi connectivity index (χ2v) is 7.56. The number of hydrogen-bond acceptors (Lipinski definition) is 4. The first kappa shape index (κ1) is 16.8. The van der Waals surface area contributed by atoms with Gasteiger partial charge in [0.25, 0.3) is 0 Å². The molecule has 6 heteroatoms. The third-order valence-electron chi connectivity index (χ3n) is 4.35. The lowest BCUT2D eigenvalue weighted by molar-refractivity contribution is 0.376. The summed E-state index contributed by atoms with van der Waals surface area (Å²) in [5.41, 5.74) is 1.01. The van der Waals surface area contributed by atoms with E-state index in [0.717, 1.165) is 18.4 Å². The van der Waals surface area contributed by atoms with Crippen LogP contribution in [0, 0.1) is 0 Å². The summed E-state index contributed by atoms with van der Waals surface area (Å²) in [6.07, 6.45) is 1.65. The van der Waals surface area contributed by atoms with Crippen molar-refractivity contribution in [1.82, 2.24) is 4.31 Å². The Morgan fingerprint density at radius 1 is 1.04 bits per heavy atom. The lowest BCUT2D eigenvalue weighted by Gasteiger charge is -2.25. The molecule has 1 aliphatic rings. The van der Waals surface area contributed by atoms with E-state index in [1.165, 1.54) is 20.3 Å². The molecular weight excluding hydrogens is 326 g/mol. The van der Waals surface area contributed by atoms with Gasteiger partial charge in [-0.1, -0.05) is 30.3 Å². The normalized spacial score (nSPS) is 18.5. The number of hydrogen-bond donors (Lipinski definition) is 0. The molecule has 0 aliphatic carbocycles. The van der Waals surface area contributed by atoms with Crippen LogP contribution in [0.1, 0.15) is 24.4 Å². The highest BCUT2D eigenvalue weighted by atomic mass is 32.2. The quantitative estimate of drug-likeness (QED) is 0.833. The molecule has 2 aromatic carbocycles. The van der Waals surface area contributed by atoms with Gasteiger partial charge in [-0.05, 0) is 30.5 Å². The molecule has 5 nitrogen and oxygen atoms in total. The molecular formula is C18H21NO4S. The van der Waals surface area contributed by atoms with Gasteiger partial charge in [-0.2, -0.15) is 4.31 Å². The van der Waals surface area contributed by atoms with Crippen LogP contribution in [0.25, 0.3) is 0 Å². The molecule has 1 atom stereocenters. The van der Waals surface area contributed by atoms with Crippen molar-refractivity contribution in [3.63, 3.8) is 0 Å². The Bertz CT molecular complexity index is 805. The van der Waals surface area contributed by atoms with E-state index in [1.54, 1.807) is 16.4 Å². The van der Waals surface area contributed by atoms with Gasteiger partial charge < -0.3 is 9.47 Å². The van der Waals surface area contributed by atoms with Gasteiger partial charge in [-0.15, -0.1) is 0 Å². The minimum absolute atomic E-state index is 0.146. The molecule has 0 bridgehead atoms. The van der Waals surface area contributed by atoms with Crippen molar-refractivity contribution in [1.29, 1.82) is 0 Å². The van der Waals surface area contributed by atoms with Gasteiger partial charge in [0.15, 0.2) is 0 Å². The first-order chi connectivity index (χ1) is 11.6. The van der Waals surface area contributed by atoms with Crippen LogP contribution in [0.3, 0.4) is 0 Å². The average Bonchev–Trinajstić information content (AvgIpc) is 3.12. The van der Waals surface area contributed by atoms with E-state index in [-0.39, 0.29) is 10.9 Å². The molecule has 1 unspecified atom stereocenters. The Kier molecular flexibility index (Phi) is 4.78. The van der Waals surface area contributed by atoms with Crippen molar-refractivity contribution in [3.05, 3.63) is 54.1 Å². The van der Waals surface area contributed by atoms with Crippen LogP contribution in [0.4, 0.5) is 0 Å². The first-order valence-electron chi connectivity index (χ1n) is 7.86. The van der Waals surface area contributed by atoms with E-state index in [2.05, 4.69) is 0 Å². The molecule has 0 saturated carbocycles. The molecule has 0 N–H and O–H groups in total. The van der Waals surface area contributed by atoms with Crippen LogP contribution >= 0.6 is 0 Å². The minimum atomic E-state index is -3.68. The minimum Gasteiger partial charge on any atom is -0.497 e. The molecule has 0 amide bonds. The van der Waals surface area contributed by atoms with Crippen LogP contribution in [0.2, 0.25) is 0 Å². The van der Waals surface area contributed by atoms with Gasteiger partial charge >= 0.3 is 0 Å². The van der Waals surface area contributed by atoms with Gasteiger partial charge in [0, 0.05) is 12.6 Å². The highest BCUT2D eigenvalue weighted by molar-refractivity contribution is 7.89. The van der Waals surface area contributed by atoms with E-state index in [9.17, 15) is 8.42 Å². The largest absolute Gasteiger partial charge is 0.497 e. The Morgan fingerprint density at radius 2 is 1.79 bits per heavy atom. The fraction of sp³-hybridized carbons (Fsp3) is 0.333. The zero-order valence-electron chi connectivity index (χ0n) is 13.8. The molecule has 1 aliphatic heterocycles. The van der Waals surface area contributed by atoms with Crippen LogP contribution < -0.4 is 9.47 Å². The molecule has 128 valence electrons. The summed E-state index contributed by atoms with van der Waals surface area (Å²) in [6, 6.07) is 14.4. The number of methoxy groups -OCH3 is 2. The highest BCUT2D eigenvalue weighted by Crippen LogP contribution is 2.39. The average molecular weight is 347 g/mol. The van der Waals surface area contributed by atoms with E-state index >= 15 is 0 Å². The smallest absolute Gasteiger partial charge is 0.247 e. The van der Waals surface area contributed by atoms with Crippen LogP contribution in [-0.2, 0) is 10.0 Å². The zero-order valence-corrected chi connectivity index (χ0v) is 14.6. The van der Waals surface area contributed by atoms with E-state index in [0.29, 0.717) is 18.0 Å². The number of ether oxygens (including phenoxy) is 2. The summed E-state index contributed by atoms with van der Waals surface area (Å²) in [5.74, 6) is 0.819. The second-order valence-electron chi connectivity index (χ2n) is 5.70. The number of rotatable bonds is 5. The zero-order chi connectivity index (χ0) is 17.2. The van der Waals surface area contributed by atoms with Crippen molar-refractivity contribution in [2.75, 3.05) is 20.8 Å². The van der Waals surface area contributed by atoms with E-state index in [4.69, 9.17) is 9.47 Å². The van der Waals surface area contributed by atoms with Crippen molar-refractivity contribution >= 4 is 10.0 Å². The SMILES string of the molecule is COc1ccc(OC)c(S(=O)(=O)N2CCCC2c2ccccc2)c1. The van der Waals surface area contributed by atoms with Crippen LogP contribution in [-0.4, -0.2) is 33.5 Å². The molecule has 1 fully saturated rings. The van der Waals surface area contributed by atoms with Crippen molar-refractivity contribution < 1.29 is 17.9 Å². The summed E-state index contributed by atoms with van der Waals surface area (Å²) in [5, 5.41) is 0. The highest BCUT2D eigenvalue weighted by Gasteiger charge is 2.37. The van der Waals surface area contributed by atoms with Crippen molar-refractivity contribution in [2.45, 2.75) is 23.8 Å². The lowest BCUT2D eigenvalue weighted by atomic mass is 10.1. The van der Waals surface area contributed by atoms with Gasteiger partial charge in [0.1, 0.15) is 16.4 Å². The number of benzene rings is 2. The Morgan fingerprint density at radius 3 is 2.46 bits per heavy atom. The molecule has 1 saturated heterocycles. The van der Waals surface area contributed by atoms with E-state index < -0.39 is 10.0 Å². The maximum atomic E-state index is 13.3. The maximum absolute atomic E-state index is 13.3. The molecule has 3 rings (SSSR count). The third-order valence-corrected chi connectivity index (χ3v) is 6.27. The molecule has 0 spiro atoms. The van der Waals surface area contributed by atoms with Gasteiger partial charge in [-0.25, -0.2) is 8.42 Å². The van der Waals surface area contributed by atoms with Gasteiger partial charge in [0.05, 0.1) is 20.3 Å². The number of sulfonamides is 1. The first-order valence-corrected chi connectivity index (χ1v) is 9.30. The molecule has 1 heterocycles. The third kappa shape index (κ3) is 2.99. The monoisotopic (exact) mass is 347 g/mol. The van der Waals surface area contributed by atoms with Crippen LogP contribution in [0.5, 0.6) is 11.5 Å². The summed E-state index contributed by atoms with van der Waals surface area (Å²) >= 11 is 0. The molecule has 0 aromatic heterocycles. The fourth-order valence-electron chi connectivity index (χ4n) is 3.15. The Hall–Kier alpha value is -2.05. The molecule has 0 radical (unpaired) electrons. The predicted octanol–water partition coefficient (Wildman–Crippen LogP) is 3.23. The lowest BCUT2D eigenvalue weighted by Crippen LogP contribution is -2.31. The maximum Gasteiger partial charge on any atom is 0.247 e. The van der Waals surface area contributed by atoms with Crippen molar-refractivity contribution in [2.24, 2.45) is 0 Å². The molecule has 24 heavy (non-hydrogen) atoms.